The van der Waals surface area contributed by atoms with Crippen LogP contribution in [-0.2, 0) is 9.53 Å². The molecule has 0 saturated heterocycles. The van der Waals surface area contributed by atoms with Gasteiger partial charge in [-0.15, -0.1) is 11.8 Å². The van der Waals surface area contributed by atoms with Crippen molar-refractivity contribution < 1.29 is 14.6 Å². The van der Waals surface area contributed by atoms with Crippen LogP contribution in [0.5, 0.6) is 0 Å². The standard InChI is InChI=1S/C20H23ClO3S/c1-20(2,3)24-19(23)17(13-25-16-7-5-4-6-8-16)18(22)14-9-11-15(21)12-10-14/h4-12,17-18,22H,13H2,1-3H3/t17-,18+/m1/s1. The third kappa shape index (κ3) is 6.38. The summed E-state index contributed by atoms with van der Waals surface area (Å²) < 4.78 is 5.52. The second kappa shape index (κ2) is 8.75. The molecule has 0 saturated carbocycles. The third-order valence-electron chi connectivity index (χ3n) is 3.47. The molecule has 2 aromatic carbocycles. The van der Waals surface area contributed by atoms with Gasteiger partial charge < -0.3 is 9.84 Å². The molecule has 0 fully saturated rings. The summed E-state index contributed by atoms with van der Waals surface area (Å²) in [4.78, 5) is 13.7. The maximum absolute atomic E-state index is 12.6. The summed E-state index contributed by atoms with van der Waals surface area (Å²) in [6.45, 7) is 5.46. The quantitative estimate of drug-likeness (QED) is 0.559. The molecular formula is C20H23ClO3S. The Morgan fingerprint density at radius 2 is 1.72 bits per heavy atom. The highest BCUT2D eigenvalue weighted by molar-refractivity contribution is 7.99. The predicted molar refractivity (Wildman–Crippen MR) is 103 cm³/mol. The van der Waals surface area contributed by atoms with Gasteiger partial charge in [0.15, 0.2) is 0 Å². The molecule has 2 atom stereocenters. The second-order valence-corrected chi connectivity index (χ2v) is 8.29. The number of thioether (sulfide) groups is 1. The Hall–Kier alpha value is -1.49. The molecule has 25 heavy (non-hydrogen) atoms. The van der Waals surface area contributed by atoms with E-state index in [2.05, 4.69) is 0 Å². The first-order valence-corrected chi connectivity index (χ1v) is 9.47. The van der Waals surface area contributed by atoms with E-state index in [1.54, 1.807) is 24.3 Å². The van der Waals surface area contributed by atoms with Gasteiger partial charge in [0.25, 0.3) is 0 Å². The van der Waals surface area contributed by atoms with E-state index in [9.17, 15) is 9.90 Å². The summed E-state index contributed by atoms with van der Waals surface area (Å²) in [7, 11) is 0. The van der Waals surface area contributed by atoms with Gasteiger partial charge >= 0.3 is 5.97 Å². The van der Waals surface area contributed by atoms with Crippen LogP contribution >= 0.6 is 23.4 Å². The minimum absolute atomic E-state index is 0.404. The van der Waals surface area contributed by atoms with Gasteiger partial charge in [-0.05, 0) is 50.6 Å². The number of hydrogen-bond donors (Lipinski definition) is 1. The lowest BCUT2D eigenvalue weighted by atomic mass is 9.97. The Bertz CT molecular complexity index is 680. The number of aliphatic hydroxyl groups is 1. The lowest BCUT2D eigenvalue weighted by Gasteiger charge is -2.27. The largest absolute Gasteiger partial charge is 0.460 e. The fourth-order valence-electron chi connectivity index (χ4n) is 2.26. The van der Waals surface area contributed by atoms with E-state index in [0.717, 1.165) is 4.90 Å². The minimum atomic E-state index is -0.955. The molecule has 0 radical (unpaired) electrons. The van der Waals surface area contributed by atoms with Crippen LogP contribution in [0.4, 0.5) is 0 Å². The average molecular weight is 379 g/mol. The van der Waals surface area contributed by atoms with E-state index in [1.807, 2.05) is 51.1 Å². The highest BCUT2D eigenvalue weighted by atomic mass is 35.5. The summed E-state index contributed by atoms with van der Waals surface area (Å²) in [6, 6.07) is 16.7. The van der Waals surface area contributed by atoms with Crippen LogP contribution < -0.4 is 0 Å². The van der Waals surface area contributed by atoms with E-state index in [4.69, 9.17) is 16.3 Å². The van der Waals surface area contributed by atoms with Crippen LogP contribution in [0.2, 0.25) is 5.02 Å². The van der Waals surface area contributed by atoms with Gasteiger partial charge in [-0.25, -0.2) is 0 Å². The zero-order valence-electron chi connectivity index (χ0n) is 14.6. The van der Waals surface area contributed by atoms with E-state index >= 15 is 0 Å². The van der Waals surface area contributed by atoms with Crippen molar-refractivity contribution in [2.45, 2.75) is 37.4 Å². The molecule has 2 aromatic rings. The molecule has 0 amide bonds. The predicted octanol–water partition coefficient (Wildman–Crippen LogP) is 5.12. The van der Waals surface area contributed by atoms with Gasteiger partial charge in [-0.1, -0.05) is 41.9 Å². The molecule has 0 unspecified atom stereocenters. The van der Waals surface area contributed by atoms with Gasteiger partial charge in [0.1, 0.15) is 5.60 Å². The lowest BCUT2D eigenvalue weighted by Crippen LogP contribution is -2.33. The first kappa shape index (κ1) is 19.8. The zero-order valence-corrected chi connectivity index (χ0v) is 16.2. The number of aliphatic hydroxyl groups excluding tert-OH is 1. The molecule has 0 spiro atoms. The monoisotopic (exact) mass is 378 g/mol. The Morgan fingerprint density at radius 1 is 1.12 bits per heavy atom. The van der Waals surface area contributed by atoms with Crippen molar-refractivity contribution in [1.82, 2.24) is 0 Å². The molecule has 0 bridgehead atoms. The summed E-state index contributed by atoms with van der Waals surface area (Å²) >= 11 is 7.43. The third-order valence-corrected chi connectivity index (χ3v) is 4.86. The van der Waals surface area contributed by atoms with E-state index < -0.39 is 23.6 Å². The maximum atomic E-state index is 12.6. The number of rotatable bonds is 6. The first-order chi connectivity index (χ1) is 11.8. The minimum Gasteiger partial charge on any atom is -0.460 e. The molecule has 0 heterocycles. The fourth-order valence-corrected chi connectivity index (χ4v) is 3.43. The average Bonchev–Trinajstić information content (AvgIpc) is 2.55. The van der Waals surface area contributed by atoms with Gasteiger partial charge in [0, 0.05) is 15.7 Å². The molecule has 0 aromatic heterocycles. The number of halogens is 1. The summed E-state index contributed by atoms with van der Waals surface area (Å²) in [5.74, 6) is -0.660. The van der Waals surface area contributed by atoms with Crippen molar-refractivity contribution in [1.29, 1.82) is 0 Å². The normalized spacial score (nSPS) is 14.0. The molecule has 134 valence electrons. The van der Waals surface area contributed by atoms with Crippen LogP contribution in [0.3, 0.4) is 0 Å². The van der Waals surface area contributed by atoms with Crippen LogP contribution in [0, 0.1) is 5.92 Å². The van der Waals surface area contributed by atoms with Crippen LogP contribution in [0.1, 0.15) is 32.4 Å². The van der Waals surface area contributed by atoms with Gasteiger partial charge in [0.2, 0.25) is 0 Å². The molecule has 0 aliphatic carbocycles. The molecule has 0 aliphatic rings. The van der Waals surface area contributed by atoms with Crippen molar-refractivity contribution >= 4 is 29.3 Å². The number of carbonyl (C=O) groups is 1. The van der Waals surface area contributed by atoms with E-state index in [-0.39, 0.29) is 0 Å². The maximum Gasteiger partial charge on any atom is 0.313 e. The van der Waals surface area contributed by atoms with Crippen LogP contribution in [0.15, 0.2) is 59.5 Å². The molecule has 1 N–H and O–H groups in total. The lowest BCUT2D eigenvalue weighted by molar-refractivity contribution is -0.163. The van der Waals surface area contributed by atoms with E-state index in [1.165, 1.54) is 11.8 Å². The number of carbonyl (C=O) groups excluding carboxylic acids is 1. The first-order valence-electron chi connectivity index (χ1n) is 8.10. The molecule has 2 rings (SSSR count). The van der Waals surface area contributed by atoms with Crippen molar-refractivity contribution in [3.8, 4) is 0 Å². The van der Waals surface area contributed by atoms with Gasteiger partial charge in [0.05, 0.1) is 12.0 Å². The topological polar surface area (TPSA) is 46.5 Å². The Morgan fingerprint density at radius 3 is 2.28 bits per heavy atom. The molecule has 0 aliphatic heterocycles. The van der Waals surface area contributed by atoms with Gasteiger partial charge in [-0.3, -0.25) is 4.79 Å². The SMILES string of the molecule is CC(C)(C)OC(=O)[C@H](CSc1ccccc1)[C@@H](O)c1ccc(Cl)cc1. The highest BCUT2D eigenvalue weighted by Crippen LogP contribution is 2.31. The Kier molecular flexibility index (Phi) is 6.94. The molecular weight excluding hydrogens is 356 g/mol. The molecule has 3 nitrogen and oxygen atoms in total. The number of benzene rings is 2. The highest BCUT2D eigenvalue weighted by Gasteiger charge is 2.32. The van der Waals surface area contributed by atoms with Crippen molar-refractivity contribution in [3.05, 3.63) is 65.2 Å². The Labute approximate surface area is 158 Å². The summed E-state index contributed by atoms with van der Waals surface area (Å²) in [6.07, 6.45) is -0.955. The van der Waals surface area contributed by atoms with Crippen LogP contribution in [0.25, 0.3) is 0 Å². The number of esters is 1. The number of hydrogen-bond acceptors (Lipinski definition) is 4. The second-order valence-electron chi connectivity index (χ2n) is 6.76. The van der Waals surface area contributed by atoms with Crippen molar-refractivity contribution in [2.75, 3.05) is 5.75 Å². The Balaban J connectivity index is 2.18. The van der Waals surface area contributed by atoms with Crippen molar-refractivity contribution in [2.24, 2.45) is 5.92 Å². The van der Waals surface area contributed by atoms with Gasteiger partial charge in [-0.2, -0.15) is 0 Å². The summed E-state index contributed by atoms with van der Waals surface area (Å²) in [5, 5.41) is 11.3. The smallest absolute Gasteiger partial charge is 0.313 e. The molecule has 5 heteroatoms. The zero-order chi connectivity index (χ0) is 18.4. The van der Waals surface area contributed by atoms with E-state index in [0.29, 0.717) is 16.3 Å². The summed E-state index contributed by atoms with van der Waals surface area (Å²) in [5.41, 5.74) is 0.0424. The number of ether oxygens (including phenoxy) is 1. The van der Waals surface area contributed by atoms with Crippen LogP contribution in [-0.4, -0.2) is 22.4 Å². The fraction of sp³-hybridized carbons (Fsp3) is 0.350. The van der Waals surface area contributed by atoms with Crippen molar-refractivity contribution in [3.63, 3.8) is 0 Å².